The molecule has 366 valence electrons. The van der Waals surface area contributed by atoms with E-state index in [0.717, 1.165) is 25.7 Å². The van der Waals surface area contributed by atoms with Gasteiger partial charge in [-0.05, 0) is 12.8 Å². The molecular formula is C57H115NO3. The van der Waals surface area contributed by atoms with Crippen molar-refractivity contribution in [2.45, 2.75) is 353 Å². The van der Waals surface area contributed by atoms with Gasteiger partial charge in [-0.2, -0.15) is 0 Å². The van der Waals surface area contributed by atoms with E-state index in [-0.39, 0.29) is 12.5 Å². The fourth-order valence-electron chi connectivity index (χ4n) is 9.48. The number of rotatable bonds is 54. The first-order valence-electron chi connectivity index (χ1n) is 28.7. The van der Waals surface area contributed by atoms with Crippen LogP contribution in [-0.2, 0) is 4.79 Å². The van der Waals surface area contributed by atoms with Crippen LogP contribution in [0.15, 0.2) is 0 Å². The molecule has 1 amide bonds. The third-order valence-corrected chi connectivity index (χ3v) is 13.9. The van der Waals surface area contributed by atoms with Gasteiger partial charge in [0, 0.05) is 6.42 Å². The molecule has 0 heterocycles. The van der Waals surface area contributed by atoms with E-state index in [1.54, 1.807) is 0 Å². The quantitative estimate of drug-likeness (QED) is 0.0534. The summed E-state index contributed by atoms with van der Waals surface area (Å²) < 4.78 is 0. The van der Waals surface area contributed by atoms with Crippen LogP contribution in [0, 0.1) is 0 Å². The molecule has 4 heteroatoms. The Labute approximate surface area is 384 Å². The number of carbonyl (C=O) groups is 1. The number of carbonyl (C=O) groups excluding carboxylic acids is 1. The SMILES string of the molecule is CCCCCCCCCCCCCCCCCCCCCCCCCCCCCCC(O)C(CO)NC(=O)CCCCCCCCCCCCCCCCCCCCCCC. The minimum Gasteiger partial charge on any atom is -0.394 e. The van der Waals surface area contributed by atoms with Gasteiger partial charge in [0.15, 0.2) is 0 Å². The van der Waals surface area contributed by atoms with E-state index in [0.29, 0.717) is 12.8 Å². The van der Waals surface area contributed by atoms with Crippen LogP contribution >= 0.6 is 0 Å². The number of aliphatic hydroxyl groups is 2. The van der Waals surface area contributed by atoms with Crippen molar-refractivity contribution < 1.29 is 15.0 Å². The molecular weight excluding hydrogens is 747 g/mol. The highest BCUT2D eigenvalue weighted by Crippen LogP contribution is 2.19. The molecule has 0 aromatic heterocycles. The van der Waals surface area contributed by atoms with Crippen molar-refractivity contribution in [2.75, 3.05) is 6.61 Å². The molecule has 61 heavy (non-hydrogen) atoms. The van der Waals surface area contributed by atoms with Crippen molar-refractivity contribution in [3.05, 3.63) is 0 Å². The molecule has 4 nitrogen and oxygen atoms in total. The van der Waals surface area contributed by atoms with Gasteiger partial charge in [0.05, 0.1) is 18.8 Å². The third-order valence-electron chi connectivity index (χ3n) is 13.9. The molecule has 0 radical (unpaired) electrons. The van der Waals surface area contributed by atoms with E-state index in [4.69, 9.17) is 0 Å². The lowest BCUT2D eigenvalue weighted by Crippen LogP contribution is -2.45. The summed E-state index contributed by atoms with van der Waals surface area (Å²) in [5.41, 5.74) is 0. The predicted molar refractivity (Wildman–Crippen MR) is 272 cm³/mol. The van der Waals surface area contributed by atoms with E-state index in [1.807, 2.05) is 0 Å². The van der Waals surface area contributed by atoms with Gasteiger partial charge in [0.1, 0.15) is 0 Å². The van der Waals surface area contributed by atoms with Gasteiger partial charge >= 0.3 is 0 Å². The molecule has 0 aromatic carbocycles. The third kappa shape index (κ3) is 50.3. The van der Waals surface area contributed by atoms with E-state index < -0.39 is 12.1 Å². The second-order valence-electron chi connectivity index (χ2n) is 20.1. The molecule has 0 fully saturated rings. The second kappa shape index (κ2) is 53.7. The van der Waals surface area contributed by atoms with Crippen molar-refractivity contribution in [2.24, 2.45) is 0 Å². The first kappa shape index (κ1) is 60.4. The lowest BCUT2D eigenvalue weighted by molar-refractivity contribution is -0.123. The van der Waals surface area contributed by atoms with Gasteiger partial charge < -0.3 is 15.5 Å². The van der Waals surface area contributed by atoms with Crippen LogP contribution in [0.1, 0.15) is 341 Å². The van der Waals surface area contributed by atoms with Gasteiger partial charge in [-0.15, -0.1) is 0 Å². The molecule has 0 saturated carbocycles. The predicted octanol–water partition coefficient (Wildman–Crippen LogP) is 18.8. The largest absolute Gasteiger partial charge is 0.394 e. The summed E-state index contributed by atoms with van der Waals surface area (Å²) in [6.45, 7) is 4.41. The Morgan fingerprint density at radius 2 is 0.525 bits per heavy atom. The van der Waals surface area contributed by atoms with E-state index in [9.17, 15) is 15.0 Å². The summed E-state index contributed by atoms with van der Waals surface area (Å²) in [6, 6.07) is -0.531. The zero-order valence-electron chi connectivity index (χ0n) is 42.2. The van der Waals surface area contributed by atoms with E-state index >= 15 is 0 Å². The number of nitrogens with one attached hydrogen (secondary N) is 1. The van der Waals surface area contributed by atoms with Crippen molar-refractivity contribution in [1.29, 1.82) is 0 Å². The lowest BCUT2D eigenvalue weighted by Gasteiger charge is -2.22. The van der Waals surface area contributed by atoms with Crippen LogP contribution in [0.5, 0.6) is 0 Å². The van der Waals surface area contributed by atoms with E-state index in [2.05, 4.69) is 19.2 Å². The number of amides is 1. The zero-order valence-corrected chi connectivity index (χ0v) is 42.2. The van der Waals surface area contributed by atoms with Gasteiger partial charge in [-0.25, -0.2) is 0 Å². The maximum Gasteiger partial charge on any atom is 0.220 e. The van der Waals surface area contributed by atoms with Gasteiger partial charge in [0.25, 0.3) is 0 Å². The summed E-state index contributed by atoms with van der Waals surface area (Å²) in [5.74, 6) is -0.0219. The lowest BCUT2D eigenvalue weighted by atomic mass is 10.0. The summed E-state index contributed by atoms with van der Waals surface area (Å²) in [5, 5.41) is 23.4. The number of unbranched alkanes of at least 4 members (excludes halogenated alkanes) is 47. The van der Waals surface area contributed by atoms with E-state index in [1.165, 1.54) is 289 Å². The maximum absolute atomic E-state index is 12.5. The Balaban J connectivity index is 3.39. The summed E-state index contributed by atoms with van der Waals surface area (Å²) >= 11 is 0. The van der Waals surface area contributed by atoms with Crippen molar-refractivity contribution >= 4 is 5.91 Å². The van der Waals surface area contributed by atoms with Crippen molar-refractivity contribution in [3.8, 4) is 0 Å². The second-order valence-corrected chi connectivity index (χ2v) is 20.1. The Morgan fingerprint density at radius 3 is 0.738 bits per heavy atom. The van der Waals surface area contributed by atoms with Crippen LogP contribution in [0.25, 0.3) is 0 Å². The molecule has 0 aliphatic rings. The van der Waals surface area contributed by atoms with Crippen LogP contribution in [-0.4, -0.2) is 34.9 Å². The monoisotopic (exact) mass is 862 g/mol. The molecule has 0 saturated heterocycles. The minimum absolute atomic E-state index is 0.0219. The first-order valence-corrected chi connectivity index (χ1v) is 28.7. The van der Waals surface area contributed by atoms with Crippen LogP contribution in [0.4, 0.5) is 0 Å². The smallest absolute Gasteiger partial charge is 0.220 e. The summed E-state index contributed by atoms with van der Waals surface area (Å²) in [4.78, 5) is 12.5. The topological polar surface area (TPSA) is 69.6 Å². The fraction of sp³-hybridized carbons (Fsp3) is 0.982. The van der Waals surface area contributed by atoms with Gasteiger partial charge in [0.2, 0.25) is 5.91 Å². The Hall–Kier alpha value is -0.610. The Kier molecular flexibility index (Phi) is 53.2. The normalized spacial score (nSPS) is 12.7. The Bertz CT molecular complexity index is 803. The molecule has 0 spiro atoms. The fourth-order valence-corrected chi connectivity index (χ4v) is 9.48. The average molecular weight is 863 g/mol. The first-order chi connectivity index (χ1) is 30.2. The average Bonchev–Trinajstić information content (AvgIpc) is 3.26. The number of aliphatic hydroxyl groups excluding tert-OH is 2. The highest BCUT2D eigenvalue weighted by Gasteiger charge is 2.20. The molecule has 0 aliphatic heterocycles. The molecule has 2 unspecified atom stereocenters. The standard InChI is InChI=1S/C57H115NO3/c1-3-5-7-9-11-13-15-17-19-21-23-25-26-27-28-29-30-31-33-34-36-38-40-42-44-46-48-50-52-56(60)55(54-59)58-57(61)53-51-49-47-45-43-41-39-37-35-32-24-22-20-18-16-14-12-10-8-6-4-2/h55-56,59-60H,3-54H2,1-2H3,(H,58,61). The Morgan fingerprint density at radius 1 is 0.328 bits per heavy atom. The minimum atomic E-state index is -0.655. The summed E-state index contributed by atoms with van der Waals surface area (Å²) in [6.07, 6.45) is 68.1. The van der Waals surface area contributed by atoms with Crippen molar-refractivity contribution in [3.63, 3.8) is 0 Å². The van der Waals surface area contributed by atoms with Crippen LogP contribution < -0.4 is 5.32 Å². The van der Waals surface area contributed by atoms with Gasteiger partial charge in [-0.3, -0.25) is 4.79 Å². The highest BCUT2D eigenvalue weighted by molar-refractivity contribution is 5.76. The van der Waals surface area contributed by atoms with Crippen molar-refractivity contribution in [1.82, 2.24) is 5.32 Å². The van der Waals surface area contributed by atoms with Gasteiger partial charge in [-0.1, -0.05) is 322 Å². The molecule has 0 rings (SSSR count). The molecule has 3 N–H and O–H groups in total. The molecule has 2 atom stereocenters. The highest BCUT2D eigenvalue weighted by atomic mass is 16.3. The summed E-state index contributed by atoms with van der Waals surface area (Å²) in [7, 11) is 0. The zero-order chi connectivity index (χ0) is 44.2. The number of hydrogen-bond acceptors (Lipinski definition) is 3. The molecule has 0 aromatic rings. The number of hydrogen-bond donors (Lipinski definition) is 3. The van der Waals surface area contributed by atoms with Crippen LogP contribution in [0.3, 0.4) is 0 Å². The maximum atomic E-state index is 12.5. The van der Waals surface area contributed by atoms with Crippen LogP contribution in [0.2, 0.25) is 0 Å². The molecule has 0 aliphatic carbocycles. The molecule has 0 bridgehead atoms.